The highest BCUT2D eigenvalue weighted by Crippen LogP contribution is 2.16. The third kappa shape index (κ3) is 4.46. The summed E-state index contributed by atoms with van der Waals surface area (Å²) in [6.07, 6.45) is 0. The number of halogens is 1. The molecular formula is C20H18BrN3O2. The Bertz CT molecular complexity index is 953. The molecule has 1 aromatic heterocycles. The lowest BCUT2D eigenvalue weighted by Gasteiger charge is -2.14. The first-order valence-electron chi connectivity index (χ1n) is 8.21. The lowest BCUT2D eigenvalue weighted by atomic mass is 10.1. The summed E-state index contributed by atoms with van der Waals surface area (Å²) in [5.41, 5.74) is 1.90. The van der Waals surface area contributed by atoms with Gasteiger partial charge >= 0.3 is 0 Å². The van der Waals surface area contributed by atoms with E-state index in [4.69, 9.17) is 0 Å². The van der Waals surface area contributed by atoms with Crippen LogP contribution in [-0.4, -0.2) is 15.7 Å². The quantitative estimate of drug-likeness (QED) is 0.697. The van der Waals surface area contributed by atoms with Crippen molar-refractivity contribution in [3.05, 3.63) is 98.4 Å². The highest BCUT2D eigenvalue weighted by Gasteiger charge is 2.14. The van der Waals surface area contributed by atoms with Gasteiger partial charge in [0.25, 0.3) is 11.5 Å². The summed E-state index contributed by atoms with van der Waals surface area (Å²) in [5.74, 6) is -0.317. The maximum atomic E-state index is 12.5. The summed E-state index contributed by atoms with van der Waals surface area (Å²) in [4.78, 5) is 24.6. The molecule has 2 aromatic carbocycles. The van der Waals surface area contributed by atoms with Gasteiger partial charge in [-0.25, -0.2) is 4.68 Å². The Morgan fingerprint density at radius 3 is 2.46 bits per heavy atom. The maximum Gasteiger partial charge on any atom is 0.272 e. The minimum absolute atomic E-state index is 0.174. The fraction of sp³-hybridized carbons (Fsp3) is 0.150. The molecule has 1 N–H and O–H groups in total. The number of amides is 1. The topological polar surface area (TPSA) is 64.0 Å². The Morgan fingerprint density at radius 2 is 1.77 bits per heavy atom. The molecule has 0 spiro atoms. The van der Waals surface area contributed by atoms with Gasteiger partial charge in [0.15, 0.2) is 0 Å². The molecule has 0 radical (unpaired) electrons. The highest BCUT2D eigenvalue weighted by molar-refractivity contribution is 9.10. The van der Waals surface area contributed by atoms with Crippen LogP contribution in [0.4, 0.5) is 0 Å². The molecule has 0 saturated heterocycles. The van der Waals surface area contributed by atoms with Crippen molar-refractivity contribution in [2.45, 2.75) is 19.5 Å². The summed E-state index contributed by atoms with van der Waals surface area (Å²) in [6.45, 7) is 2.23. The van der Waals surface area contributed by atoms with Gasteiger partial charge in [0.2, 0.25) is 0 Å². The van der Waals surface area contributed by atoms with Crippen LogP contribution >= 0.6 is 15.9 Å². The van der Waals surface area contributed by atoms with E-state index >= 15 is 0 Å². The Kier molecular flexibility index (Phi) is 5.63. The molecule has 6 heteroatoms. The molecule has 1 amide bonds. The Hall–Kier alpha value is -2.73. The average molecular weight is 412 g/mol. The largest absolute Gasteiger partial charge is 0.344 e. The zero-order chi connectivity index (χ0) is 18.5. The Labute approximate surface area is 159 Å². The molecule has 0 aliphatic carbocycles. The SMILES string of the molecule is CC(NC(=O)c1ccc(=O)n(Cc2ccccc2)n1)c1ccc(Br)cc1. The number of nitrogens with one attached hydrogen (secondary N) is 1. The lowest BCUT2D eigenvalue weighted by molar-refractivity contribution is 0.0932. The van der Waals surface area contributed by atoms with Crippen molar-refractivity contribution in [3.8, 4) is 0 Å². The van der Waals surface area contributed by atoms with Gasteiger partial charge in [-0.15, -0.1) is 0 Å². The van der Waals surface area contributed by atoms with E-state index in [1.54, 1.807) is 0 Å². The van der Waals surface area contributed by atoms with E-state index in [1.807, 2.05) is 61.5 Å². The zero-order valence-electron chi connectivity index (χ0n) is 14.2. The molecule has 1 unspecified atom stereocenters. The van der Waals surface area contributed by atoms with Crippen molar-refractivity contribution in [2.75, 3.05) is 0 Å². The van der Waals surface area contributed by atoms with Crippen molar-refractivity contribution in [1.29, 1.82) is 0 Å². The van der Waals surface area contributed by atoms with Crippen LogP contribution in [0.5, 0.6) is 0 Å². The molecule has 26 heavy (non-hydrogen) atoms. The van der Waals surface area contributed by atoms with Crippen LogP contribution in [0.15, 0.2) is 76.0 Å². The van der Waals surface area contributed by atoms with Crippen LogP contribution < -0.4 is 10.9 Å². The fourth-order valence-corrected chi connectivity index (χ4v) is 2.81. The second-order valence-corrected chi connectivity index (χ2v) is 6.86. The molecule has 0 aliphatic rings. The number of hydrogen-bond donors (Lipinski definition) is 1. The molecule has 0 aliphatic heterocycles. The Morgan fingerprint density at radius 1 is 1.08 bits per heavy atom. The number of nitrogens with zero attached hydrogens (tertiary/aromatic N) is 2. The van der Waals surface area contributed by atoms with Crippen LogP contribution in [0.3, 0.4) is 0 Å². The third-order valence-corrected chi connectivity index (χ3v) is 4.52. The molecule has 5 nitrogen and oxygen atoms in total. The van der Waals surface area contributed by atoms with E-state index in [-0.39, 0.29) is 23.2 Å². The number of hydrogen-bond acceptors (Lipinski definition) is 3. The van der Waals surface area contributed by atoms with Crippen molar-refractivity contribution in [1.82, 2.24) is 15.1 Å². The number of benzene rings is 2. The first-order chi connectivity index (χ1) is 12.5. The van der Waals surface area contributed by atoms with Gasteiger partial charge in [0.1, 0.15) is 5.69 Å². The van der Waals surface area contributed by atoms with Gasteiger partial charge in [-0.3, -0.25) is 9.59 Å². The number of aromatic nitrogens is 2. The normalized spacial score (nSPS) is 11.8. The van der Waals surface area contributed by atoms with Crippen LogP contribution in [0.1, 0.15) is 34.6 Å². The summed E-state index contributed by atoms with van der Waals surface area (Å²) in [7, 11) is 0. The maximum absolute atomic E-state index is 12.5. The molecule has 0 saturated carbocycles. The average Bonchev–Trinajstić information content (AvgIpc) is 2.65. The van der Waals surface area contributed by atoms with Crippen molar-refractivity contribution < 1.29 is 4.79 Å². The lowest BCUT2D eigenvalue weighted by Crippen LogP contribution is -2.31. The standard InChI is InChI=1S/C20H18BrN3O2/c1-14(16-7-9-17(21)10-8-16)22-20(26)18-11-12-19(25)24(23-18)13-15-5-3-2-4-6-15/h2-12,14H,13H2,1H3,(H,22,26). The molecule has 1 heterocycles. The first-order valence-corrected chi connectivity index (χ1v) is 9.00. The van der Waals surface area contributed by atoms with Crippen molar-refractivity contribution in [3.63, 3.8) is 0 Å². The number of carbonyl (C=O) groups is 1. The van der Waals surface area contributed by atoms with Gasteiger partial charge < -0.3 is 5.32 Å². The number of carbonyl (C=O) groups excluding carboxylic acids is 1. The Balaban J connectivity index is 1.76. The van der Waals surface area contributed by atoms with Crippen LogP contribution in [0.25, 0.3) is 0 Å². The summed E-state index contributed by atoms with van der Waals surface area (Å²) in [6, 6.07) is 19.9. The second kappa shape index (κ2) is 8.10. The molecule has 3 aromatic rings. The molecular weight excluding hydrogens is 394 g/mol. The van der Waals surface area contributed by atoms with Gasteiger partial charge in [-0.1, -0.05) is 58.4 Å². The molecule has 3 rings (SSSR count). The van der Waals surface area contributed by atoms with Crippen molar-refractivity contribution in [2.24, 2.45) is 0 Å². The molecule has 1 atom stereocenters. The summed E-state index contributed by atoms with van der Waals surface area (Å²) in [5, 5.41) is 7.12. The first kappa shape index (κ1) is 18.1. The van der Waals surface area contributed by atoms with E-state index in [0.717, 1.165) is 15.6 Å². The van der Waals surface area contributed by atoms with E-state index in [0.29, 0.717) is 6.54 Å². The number of rotatable bonds is 5. The van der Waals surface area contributed by atoms with E-state index in [2.05, 4.69) is 26.3 Å². The highest BCUT2D eigenvalue weighted by atomic mass is 79.9. The van der Waals surface area contributed by atoms with Gasteiger partial charge in [-0.05, 0) is 36.2 Å². The van der Waals surface area contributed by atoms with E-state index in [9.17, 15) is 9.59 Å². The fourth-order valence-electron chi connectivity index (χ4n) is 2.55. The van der Waals surface area contributed by atoms with Crippen LogP contribution in [0, 0.1) is 0 Å². The van der Waals surface area contributed by atoms with Crippen LogP contribution in [-0.2, 0) is 6.54 Å². The zero-order valence-corrected chi connectivity index (χ0v) is 15.8. The van der Waals surface area contributed by atoms with Gasteiger partial charge in [-0.2, -0.15) is 5.10 Å². The van der Waals surface area contributed by atoms with Crippen molar-refractivity contribution >= 4 is 21.8 Å². The van der Waals surface area contributed by atoms with Gasteiger partial charge in [0.05, 0.1) is 12.6 Å². The van der Waals surface area contributed by atoms with E-state index in [1.165, 1.54) is 16.8 Å². The predicted molar refractivity (Wildman–Crippen MR) is 104 cm³/mol. The van der Waals surface area contributed by atoms with E-state index < -0.39 is 0 Å². The molecule has 0 bridgehead atoms. The smallest absolute Gasteiger partial charge is 0.272 e. The molecule has 132 valence electrons. The monoisotopic (exact) mass is 411 g/mol. The summed E-state index contributed by atoms with van der Waals surface area (Å²) >= 11 is 3.39. The minimum Gasteiger partial charge on any atom is -0.344 e. The van der Waals surface area contributed by atoms with Gasteiger partial charge in [0, 0.05) is 10.5 Å². The molecule has 0 fully saturated rings. The minimum atomic E-state index is -0.317. The third-order valence-electron chi connectivity index (χ3n) is 3.99. The second-order valence-electron chi connectivity index (χ2n) is 5.95. The summed E-state index contributed by atoms with van der Waals surface area (Å²) < 4.78 is 2.28. The van der Waals surface area contributed by atoms with Crippen LogP contribution in [0.2, 0.25) is 0 Å². The predicted octanol–water partition coefficient (Wildman–Crippen LogP) is 3.55.